The van der Waals surface area contributed by atoms with Crippen molar-refractivity contribution in [2.45, 2.75) is 13.1 Å². The van der Waals surface area contributed by atoms with Crippen molar-refractivity contribution in [2.24, 2.45) is 0 Å². The van der Waals surface area contributed by atoms with Gasteiger partial charge < -0.3 is 5.11 Å². The Hall–Kier alpha value is -2.01. The highest BCUT2D eigenvalue weighted by atomic mass is 35.5. The van der Waals surface area contributed by atoms with E-state index < -0.39 is 0 Å². The van der Waals surface area contributed by atoms with E-state index in [0.29, 0.717) is 18.1 Å². The lowest BCUT2D eigenvalue weighted by molar-refractivity contribution is 0.184. The predicted octanol–water partition coefficient (Wildman–Crippen LogP) is 3.28. The van der Waals surface area contributed by atoms with E-state index in [1.807, 2.05) is 42.6 Å². The van der Waals surface area contributed by atoms with Crippen LogP contribution in [0.25, 0.3) is 10.9 Å². The fourth-order valence-electron chi connectivity index (χ4n) is 2.69. The number of nitrogens with zero attached hydrogens (tertiary/aromatic N) is 3. The van der Waals surface area contributed by atoms with Gasteiger partial charge in [-0.2, -0.15) is 0 Å². The Bertz CT molecular complexity index is 780. The lowest BCUT2D eigenvalue weighted by Gasteiger charge is -2.22. The van der Waals surface area contributed by atoms with Crippen molar-refractivity contribution >= 4 is 22.5 Å². The minimum absolute atomic E-state index is 0.103. The van der Waals surface area contributed by atoms with Gasteiger partial charge in [-0.15, -0.1) is 0 Å². The molecule has 23 heavy (non-hydrogen) atoms. The molecule has 1 N–H and O–H groups in total. The Morgan fingerprint density at radius 2 is 1.96 bits per heavy atom. The van der Waals surface area contributed by atoms with E-state index in [9.17, 15) is 5.11 Å². The first kappa shape index (κ1) is 15.9. The quantitative estimate of drug-likeness (QED) is 0.755. The molecule has 0 saturated carbocycles. The van der Waals surface area contributed by atoms with Crippen LogP contribution in [-0.4, -0.2) is 33.1 Å². The van der Waals surface area contributed by atoms with Gasteiger partial charge in [-0.25, -0.2) is 0 Å². The summed E-state index contributed by atoms with van der Waals surface area (Å²) in [6.07, 6.45) is 5.39. The number of aliphatic hydroxyl groups excluding tert-OH is 1. The molecule has 0 saturated heterocycles. The third-order valence-corrected chi connectivity index (χ3v) is 3.91. The van der Waals surface area contributed by atoms with Crippen LogP contribution in [0.3, 0.4) is 0 Å². The van der Waals surface area contributed by atoms with Crippen molar-refractivity contribution in [3.63, 3.8) is 0 Å². The highest BCUT2D eigenvalue weighted by Crippen LogP contribution is 2.23. The zero-order valence-corrected chi connectivity index (χ0v) is 13.4. The van der Waals surface area contributed by atoms with Gasteiger partial charge in [0.1, 0.15) is 0 Å². The van der Waals surface area contributed by atoms with Gasteiger partial charge in [-0.3, -0.25) is 14.9 Å². The molecule has 0 aliphatic heterocycles. The summed E-state index contributed by atoms with van der Waals surface area (Å²) in [4.78, 5) is 10.8. The minimum atomic E-state index is 0.103. The molecule has 0 radical (unpaired) electrons. The molecule has 118 valence electrons. The molecule has 0 aliphatic rings. The number of fused-ring (bicyclic) bond motifs is 1. The summed E-state index contributed by atoms with van der Waals surface area (Å²) in [6, 6.07) is 11.7. The van der Waals surface area contributed by atoms with Crippen LogP contribution >= 0.6 is 11.6 Å². The van der Waals surface area contributed by atoms with Crippen molar-refractivity contribution in [3.8, 4) is 0 Å². The summed E-state index contributed by atoms with van der Waals surface area (Å²) in [7, 11) is 0. The van der Waals surface area contributed by atoms with E-state index in [1.165, 1.54) is 0 Å². The zero-order chi connectivity index (χ0) is 16.1. The molecule has 0 bridgehead atoms. The molecular formula is C18H18ClN3O. The lowest BCUT2D eigenvalue weighted by atomic mass is 10.1. The van der Waals surface area contributed by atoms with E-state index in [-0.39, 0.29) is 6.61 Å². The van der Waals surface area contributed by atoms with Gasteiger partial charge in [0.25, 0.3) is 0 Å². The molecule has 0 spiro atoms. The third-order valence-electron chi connectivity index (χ3n) is 3.69. The molecule has 5 heteroatoms. The van der Waals surface area contributed by atoms with Gasteiger partial charge in [0.2, 0.25) is 0 Å². The number of aromatic nitrogens is 2. The van der Waals surface area contributed by atoms with E-state index in [1.54, 1.807) is 12.4 Å². The molecule has 2 heterocycles. The Labute approximate surface area is 140 Å². The first-order chi connectivity index (χ1) is 11.3. The molecular weight excluding hydrogens is 310 g/mol. The lowest BCUT2D eigenvalue weighted by Crippen LogP contribution is -2.26. The molecule has 3 rings (SSSR count). The monoisotopic (exact) mass is 327 g/mol. The number of hydrogen-bond donors (Lipinski definition) is 1. The topological polar surface area (TPSA) is 49.2 Å². The van der Waals surface area contributed by atoms with Crippen molar-refractivity contribution in [2.75, 3.05) is 13.2 Å². The molecule has 0 unspecified atom stereocenters. The van der Waals surface area contributed by atoms with Crippen LogP contribution in [0.4, 0.5) is 0 Å². The zero-order valence-electron chi connectivity index (χ0n) is 12.7. The highest BCUT2D eigenvalue weighted by molar-refractivity contribution is 6.31. The van der Waals surface area contributed by atoms with Gasteiger partial charge in [0.15, 0.2) is 0 Å². The number of hydrogen-bond acceptors (Lipinski definition) is 4. The summed E-state index contributed by atoms with van der Waals surface area (Å²) in [6.45, 7) is 2.07. The fourth-order valence-corrected chi connectivity index (χ4v) is 2.94. The Morgan fingerprint density at radius 3 is 2.74 bits per heavy atom. The maximum atomic E-state index is 9.36. The Balaban J connectivity index is 1.88. The molecule has 2 aromatic heterocycles. The largest absolute Gasteiger partial charge is 0.395 e. The van der Waals surface area contributed by atoms with Crippen LogP contribution in [0, 0.1) is 0 Å². The van der Waals surface area contributed by atoms with E-state index in [2.05, 4.69) is 14.9 Å². The third kappa shape index (κ3) is 4.05. The summed E-state index contributed by atoms with van der Waals surface area (Å²) in [5.41, 5.74) is 3.12. The number of rotatable bonds is 6. The second-order valence-electron chi connectivity index (χ2n) is 5.44. The molecule has 1 aromatic carbocycles. The van der Waals surface area contributed by atoms with E-state index in [0.717, 1.165) is 28.6 Å². The predicted molar refractivity (Wildman–Crippen MR) is 92.2 cm³/mol. The average Bonchev–Trinajstić information content (AvgIpc) is 2.56. The summed E-state index contributed by atoms with van der Waals surface area (Å²) >= 11 is 6.24. The first-order valence-electron chi connectivity index (χ1n) is 7.51. The summed E-state index contributed by atoms with van der Waals surface area (Å²) < 4.78 is 0. The van der Waals surface area contributed by atoms with Gasteiger partial charge in [-0.05, 0) is 35.4 Å². The maximum absolute atomic E-state index is 9.36. The van der Waals surface area contributed by atoms with Crippen LogP contribution in [-0.2, 0) is 13.1 Å². The number of aliphatic hydroxyl groups is 1. The highest BCUT2D eigenvalue weighted by Gasteiger charge is 2.11. The van der Waals surface area contributed by atoms with Crippen LogP contribution in [0.5, 0.6) is 0 Å². The second-order valence-corrected chi connectivity index (χ2v) is 5.87. The smallest absolute Gasteiger partial charge is 0.0747 e. The molecule has 0 fully saturated rings. The normalized spacial score (nSPS) is 11.3. The fraction of sp³-hybridized carbons (Fsp3) is 0.222. The number of halogens is 1. The minimum Gasteiger partial charge on any atom is -0.395 e. The first-order valence-corrected chi connectivity index (χ1v) is 7.89. The van der Waals surface area contributed by atoms with Crippen molar-refractivity contribution in [3.05, 3.63) is 71.1 Å². The molecule has 4 nitrogen and oxygen atoms in total. The van der Waals surface area contributed by atoms with Crippen LogP contribution in [0.2, 0.25) is 5.02 Å². The standard InChI is InChI=1S/C18H18ClN3O/c19-17-9-15-4-2-6-21-18(15)16(10-17)13-22(7-8-23)12-14-3-1-5-20-11-14/h1-6,9-11,23H,7-8,12-13H2. The van der Waals surface area contributed by atoms with Crippen molar-refractivity contribution in [1.82, 2.24) is 14.9 Å². The SMILES string of the molecule is OCCN(Cc1cccnc1)Cc1cc(Cl)cc2cccnc12. The second kappa shape index (κ2) is 7.51. The average molecular weight is 328 g/mol. The van der Waals surface area contributed by atoms with Crippen LogP contribution in [0.15, 0.2) is 55.0 Å². The molecule has 0 amide bonds. The van der Waals surface area contributed by atoms with Gasteiger partial charge in [-0.1, -0.05) is 23.7 Å². The van der Waals surface area contributed by atoms with Crippen LogP contribution in [0.1, 0.15) is 11.1 Å². The summed E-state index contributed by atoms with van der Waals surface area (Å²) in [5.74, 6) is 0. The summed E-state index contributed by atoms with van der Waals surface area (Å²) in [5, 5.41) is 11.1. The Kier molecular flexibility index (Phi) is 5.18. The van der Waals surface area contributed by atoms with Crippen molar-refractivity contribution < 1.29 is 5.11 Å². The van der Waals surface area contributed by atoms with Gasteiger partial charge in [0.05, 0.1) is 12.1 Å². The van der Waals surface area contributed by atoms with E-state index >= 15 is 0 Å². The van der Waals surface area contributed by atoms with Gasteiger partial charge in [0, 0.05) is 48.6 Å². The molecule has 0 atom stereocenters. The van der Waals surface area contributed by atoms with Gasteiger partial charge >= 0.3 is 0 Å². The number of pyridine rings is 2. The molecule has 3 aromatic rings. The van der Waals surface area contributed by atoms with Crippen molar-refractivity contribution in [1.29, 1.82) is 0 Å². The van der Waals surface area contributed by atoms with E-state index in [4.69, 9.17) is 11.6 Å². The molecule has 0 aliphatic carbocycles. The van der Waals surface area contributed by atoms with Crippen LogP contribution < -0.4 is 0 Å². The number of benzene rings is 1. The maximum Gasteiger partial charge on any atom is 0.0747 e. The Morgan fingerprint density at radius 1 is 1.09 bits per heavy atom.